The molecule has 6 nitrogen and oxygen atoms in total. The van der Waals surface area contributed by atoms with Gasteiger partial charge in [-0.05, 0) is 36.8 Å². The van der Waals surface area contributed by atoms with E-state index in [4.69, 9.17) is 21.3 Å². The second kappa shape index (κ2) is 8.13. The van der Waals surface area contributed by atoms with Crippen molar-refractivity contribution < 1.29 is 9.53 Å². The average molecular weight is 495 g/mol. The maximum atomic E-state index is 13.5. The number of carbonyl (C=O) groups is 1. The minimum absolute atomic E-state index is 0.0796. The van der Waals surface area contributed by atoms with Crippen LogP contribution in [0.4, 0.5) is 0 Å². The molecule has 6 rings (SSSR count). The van der Waals surface area contributed by atoms with Gasteiger partial charge in [-0.15, -0.1) is 22.7 Å². The zero-order chi connectivity index (χ0) is 22.5. The van der Waals surface area contributed by atoms with E-state index >= 15 is 0 Å². The van der Waals surface area contributed by atoms with Crippen molar-refractivity contribution in [3.8, 4) is 5.75 Å². The van der Waals surface area contributed by atoms with E-state index in [0.717, 1.165) is 37.0 Å². The van der Waals surface area contributed by atoms with E-state index in [9.17, 15) is 4.79 Å². The van der Waals surface area contributed by atoms with Crippen LogP contribution in [0.3, 0.4) is 0 Å². The van der Waals surface area contributed by atoms with Crippen molar-refractivity contribution in [2.24, 2.45) is 0 Å². The van der Waals surface area contributed by atoms with E-state index in [2.05, 4.69) is 21.5 Å². The summed E-state index contributed by atoms with van der Waals surface area (Å²) in [5.41, 5.74) is 3.12. The number of pyridine rings is 1. The first-order valence-corrected chi connectivity index (χ1v) is 12.6. The molecule has 1 atom stereocenters. The van der Waals surface area contributed by atoms with Crippen LogP contribution >= 0.6 is 34.3 Å². The SMILES string of the molecule is Cc1ccc(Cl)c(OCC(=O)N2CCc3nc4sccn4c3C2c2cc3cccnc3s2)c1. The molecule has 1 aliphatic rings. The number of thiazole rings is 1. The van der Waals surface area contributed by atoms with Crippen LogP contribution in [0.1, 0.15) is 27.9 Å². The molecule has 5 aromatic rings. The fourth-order valence-electron chi connectivity index (χ4n) is 4.35. The van der Waals surface area contributed by atoms with Gasteiger partial charge in [-0.1, -0.05) is 23.7 Å². The second-order valence-corrected chi connectivity index (χ2v) is 10.4. The Morgan fingerprint density at radius 3 is 3.09 bits per heavy atom. The molecule has 0 radical (unpaired) electrons. The molecule has 0 fully saturated rings. The van der Waals surface area contributed by atoms with Crippen molar-refractivity contribution in [1.82, 2.24) is 19.3 Å². The number of halogens is 1. The van der Waals surface area contributed by atoms with Gasteiger partial charge in [0.15, 0.2) is 11.6 Å². The molecule has 166 valence electrons. The van der Waals surface area contributed by atoms with Gasteiger partial charge >= 0.3 is 0 Å². The van der Waals surface area contributed by atoms with E-state index in [1.54, 1.807) is 34.9 Å². The predicted molar refractivity (Wildman–Crippen MR) is 132 cm³/mol. The molecule has 1 aromatic carbocycles. The highest BCUT2D eigenvalue weighted by molar-refractivity contribution is 7.18. The largest absolute Gasteiger partial charge is 0.482 e. The summed E-state index contributed by atoms with van der Waals surface area (Å²) in [5.74, 6) is 0.439. The molecule has 0 saturated heterocycles. The first-order chi connectivity index (χ1) is 16.1. The number of hydrogen-bond acceptors (Lipinski definition) is 6. The normalized spacial score (nSPS) is 15.8. The molecule has 9 heteroatoms. The van der Waals surface area contributed by atoms with Crippen molar-refractivity contribution >= 4 is 55.4 Å². The number of thiophene rings is 1. The summed E-state index contributed by atoms with van der Waals surface area (Å²) in [7, 11) is 0. The summed E-state index contributed by atoms with van der Waals surface area (Å²) in [6.45, 7) is 2.46. The number of ether oxygens (including phenoxy) is 1. The van der Waals surface area contributed by atoms with Gasteiger partial charge in [0.05, 0.1) is 16.4 Å². The third-order valence-electron chi connectivity index (χ3n) is 5.88. The smallest absolute Gasteiger partial charge is 0.261 e. The summed E-state index contributed by atoms with van der Waals surface area (Å²) >= 11 is 9.50. The van der Waals surface area contributed by atoms with Crippen LogP contribution in [0.2, 0.25) is 5.02 Å². The molecule has 0 saturated carbocycles. The number of rotatable bonds is 4. The molecule has 4 aromatic heterocycles. The van der Waals surface area contributed by atoms with Crippen molar-refractivity contribution in [2.75, 3.05) is 13.2 Å². The van der Waals surface area contributed by atoms with Crippen molar-refractivity contribution in [1.29, 1.82) is 0 Å². The quantitative estimate of drug-likeness (QED) is 0.330. The zero-order valence-electron chi connectivity index (χ0n) is 17.7. The Hall–Kier alpha value is -2.94. The van der Waals surface area contributed by atoms with E-state index in [-0.39, 0.29) is 18.6 Å². The Morgan fingerprint density at radius 1 is 1.30 bits per heavy atom. The van der Waals surface area contributed by atoms with E-state index in [0.29, 0.717) is 23.7 Å². The Labute approximate surface area is 203 Å². The minimum Gasteiger partial charge on any atom is -0.482 e. The fraction of sp³-hybridized carbons (Fsp3) is 0.208. The second-order valence-electron chi connectivity index (χ2n) is 8.01. The number of amides is 1. The van der Waals surface area contributed by atoms with Gasteiger partial charge in [0.2, 0.25) is 0 Å². The van der Waals surface area contributed by atoms with E-state index in [1.165, 1.54) is 0 Å². The standard InChI is InChI=1S/C24H19ClN4O2S2/c1-14-4-5-16(25)18(11-14)31-13-20(30)28-8-6-17-21(29-9-10-32-24(29)27-17)22(28)19-12-15-3-2-7-26-23(15)33-19/h2-5,7,9-12,22H,6,8,13H2,1H3. The predicted octanol–water partition coefficient (Wildman–Crippen LogP) is 5.52. The topological polar surface area (TPSA) is 59.7 Å². The van der Waals surface area contributed by atoms with Gasteiger partial charge in [-0.3, -0.25) is 9.20 Å². The molecular formula is C24H19ClN4O2S2. The third-order valence-corrected chi connectivity index (χ3v) is 8.06. The lowest BCUT2D eigenvalue weighted by molar-refractivity contribution is -0.135. The lowest BCUT2D eigenvalue weighted by atomic mass is 10.0. The van der Waals surface area contributed by atoms with Crippen LogP contribution in [-0.4, -0.2) is 38.3 Å². The highest BCUT2D eigenvalue weighted by atomic mass is 35.5. The molecular weight excluding hydrogens is 476 g/mol. The third kappa shape index (κ3) is 3.58. The van der Waals surface area contributed by atoms with Crippen LogP contribution in [0.5, 0.6) is 5.75 Å². The Bertz CT molecular complexity index is 1470. The van der Waals surface area contributed by atoms with Gasteiger partial charge in [0.1, 0.15) is 16.6 Å². The van der Waals surface area contributed by atoms with Gasteiger partial charge in [0.25, 0.3) is 5.91 Å². The highest BCUT2D eigenvalue weighted by Crippen LogP contribution is 2.41. The lowest BCUT2D eigenvalue weighted by Crippen LogP contribution is -2.43. The Balaban J connectivity index is 1.39. The molecule has 0 aliphatic carbocycles. The van der Waals surface area contributed by atoms with Gasteiger partial charge in [-0.2, -0.15) is 0 Å². The van der Waals surface area contributed by atoms with Gasteiger partial charge in [-0.25, -0.2) is 9.97 Å². The van der Waals surface area contributed by atoms with E-state index < -0.39 is 0 Å². The maximum absolute atomic E-state index is 13.5. The molecule has 1 unspecified atom stereocenters. The summed E-state index contributed by atoms with van der Waals surface area (Å²) < 4.78 is 7.98. The van der Waals surface area contributed by atoms with Gasteiger partial charge < -0.3 is 9.64 Å². The average Bonchev–Trinajstić information content (AvgIpc) is 3.52. The summed E-state index contributed by atoms with van der Waals surface area (Å²) in [6.07, 6.45) is 4.54. The minimum atomic E-state index is -0.248. The number of aromatic nitrogens is 3. The Kier molecular flexibility index (Phi) is 5.09. The van der Waals surface area contributed by atoms with E-state index in [1.807, 2.05) is 41.6 Å². The highest BCUT2D eigenvalue weighted by Gasteiger charge is 2.37. The lowest BCUT2D eigenvalue weighted by Gasteiger charge is -2.35. The Morgan fingerprint density at radius 2 is 2.21 bits per heavy atom. The van der Waals surface area contributed by atoms with Crippen molar-refractivity contribution in [2.45, 2.75) is 19.4 Å². The van der Waals surface area contributed by atoms with Crippen molar-refractivity contribution in [3.63, 3.8) is 0 Å². The van der Waals surface area contributed by atoms with Crippen LogP contribution in [0.15, 0.2) is 54.2 Å². The molecule has 1 aliphatic heterocycles. The number of hydrogen-bond donors (Lipinski definition) is 0. The number of imidazole rings is 1. The number of fused-ring (bicyclic) bond motifs is 4. The first-order valence-electron chi connectivity index (χ1n) is 10.6. The summed E-state index contributed by atoms with van der Waals surface area (Å²) in [5, 5.41) is 3.60. The van der Waals surface area contributed by atoms with Crippen LogP contribution < -0.4 is 4.74 Å². The molecule has 1 amide bonds. The molecule has 0 spiro atoms. The molecule has 0 bridgehead atoms. The first kappa shape index (κ1) is 20.7. The maximum Gasteiger partial charge on any atom is 0.261 e. The molecule has 5 heterocycles. The summed E-state index contributed by atoms with van der Waals surface area (Å²) in [4.78, 5) is 27.7. The van der Waals surface area contributed by atoms with Crippen LogP contribution in [0, 0.1) is 6.92 Å². The van der Waals surface area contributed by atoms with Crippen LogP contribution in [0.25, 0.3) is 15.2 Å². The van der Waals surface area contributed by atoms with Crippen molar-refractivity contribution in [3.05, 3.63) is 81.0 Å². The monoisotopic (exact) mass is 494 g/mol. The zero-order valence-corrected chi connectivity index (χ0v) is 20.1. The summed E-state index contributed by atoms with van der Waals surface area (Å²) in [6, 6.07) is 11.4. The fourth-order valence-corrected chi connectivity index (χ4v) is 6.38. The van der Waals surface area contributed by atoms with Crippen LogP contribution in [-0.2, 0) is 11.2 Å². The number of aryl methyl sites for hydroxylation is 1. The number of nitrogens with zero attached hydrogens (tertiary/aromatic N) is 4. The number of carbonyl (C=O) groups excluding carboxylic acids is 1. The van der Waals surface area contributed by atoms with Gasteiger partial charge in [0, 0.05) is 41.0 Å². The molecule has 0 N–H and O–H groups in total. The molecule has 33 heavy (non-hydrogen) atoms. The number of benzene rings is 1.